The highest BCUT2D eigenvalue weighted by molar-refractivity contribution is 7.90. The van der Waals surface area contributed by atoms with E-state index in [4.69, 9.17) is 37.4 Å². The fraction of sp³-hybridized carbons (Fsp3) is 0.412. The van der Waals surface area contributed by atoms with Crippen molar-refractivity contribution in [2.75, 3.05) is 36.4 Å². The molecule has 0 unspecified atom stereocenters. The zero-order chi connectivity index (χ0) is 35.0. The summed E-state index contributed by atoms with van der Waals surface area (Å²) < 4.78 is 55.9. The molecule has 0 aliphatic carbocycles. The van der Waals surface area contributed by atoms with Gasteiger partial charge in [-0.15, -0.1) is 0 Å². The first-order chi connectivity index (χ1) is 22.5. The molecule has 1 fully saturated rings. The minimum absolute atomic E-state index is 0.0101. The lowest BCUT2D eigenvalue weighted by molar-refractivity contribution is -0.122. The maximum absolute atomic E-state index is 16.0. The smallest absolute Gasteiger partial charge is 0.413 e. The van der Waals surface area contributed by atoms with Gasteiger partial charge in [0.15, 0.2) is 6.23 Å². The van der Waals surface area contributed by atoms with Crippen LogP contribution >= 0.6 is 23.2 Å². The van der Waals surface area contributed by atoms with Gasteiger partial charge in [0.2, 0.25) is 5.91 Å². The predicted octanol–water partition coefficient (Wildman–Crippen LogP) is 6.91. The summed E-state index contributed by atoms with van der Waals surface area (Å²) in [5.74, 6) is -1.49. The first-order valence-corrected chi connectivity index (χ1v) is 18.1. The van der Waals surface area contributed by atoms with Crippen LogP contribution in [-0.2, 0) is 24.8 Å². The van der Waals surface area contributed by atoms with Gasteiger partial charge in [-0.3, -0.25) is 15.4 Å². The molecular formula is C34H38Cl2FN3O7S. The number of amides is 2. The SMILES string of the molecule is COc1cc(OCCCS(C)(=O)=O)ccc1NC(=O)O[C@H]1N[C@@H](CC(C)(C)C)[C@@]2(C(=O)Nc3cc(Cl)ccc32)[C@H]1c1cccc(Cl)c1F. The molecule has 258 valence electrons. The van der Waals surface area contributed by atoms with Crippen molar-refractivity contribution in [3.63, 3.8) is 0 Å². The van der Waals surface area contributed by atoms with Crippen LogP contribution < -0.4 is 25.4 Å². The number of anilines is 2. The molecule has 0 aromatic heterocycles. The molecular weight excluding hydrogens is 684 g/mol. The van der Waals surface area contributed by atoms with Crippen molar-refractivity contribution in [1.82, 2.24) is 5.32 Å². The molecule has 14 heteroatoms. The van der Waals surface area contributed by atoms with Crippen molar-refractivity contribution < 1.29 is 36.6 Å². The van der Waals surface area contributed by atoms with E-state index in [2.05, 4.69) is 16.0 Å². The van der Waals surface area contributed by atoms with Crippen molar-refractivity contribution in [2.24, 2.45) is 5.41 Å². The number of ether oxygens (including phenoxy) is 3. The van der Waals surface area contributed by atoms with Crippen LogP contribution in [0, 0.1) is 11.2 Å². The Labute approximate surface area is 289 Å². The minimum atomic E-state index is -3.11. The van der Waals surface area contributed by atoms with E-state index in [-0.39, 0.29) is 45.7 Å². The van der Waals surface area contributed by atoms with Crippen LogP contribution in [-0.4, -0.2) is 58.4 Å². The van der Waals surface area contributed by atoms with Gasteiger partial charge in [0.05, 0.1) is 36.1 Å². The van der Waals surface area contributed by atoms with Crippen molar-refractivity contribution in [3.8, 4) is 11.5 Å². The normalized spacial score (nSPS) is 21.9. The van der Waals surface area contributed by atoms with Crippen LogP contribution in [0.4, 0.5) is 20.6 Å². The molecule has 48 heavy (non-hydrogen) atoms. The Morgan fingerprint density at radius 3 is 2.54 bits per heavy atom. The van der Waals surface area contributed by atoms with Gasteiger partial charge in [0.1, 0.15) is 32.6 Å². The average Bonchev–Trinajstić information content (AvgIpc) is 3.44. The van der Waals surface area contributed by atoms with Gasteiger partial charge in [-0.1, -0.05) is 62.2 Å². The molecule has 0 radical (unpaired) electrons. The Hall–Kier alpha value is -3.58. The summed E-state index contributed by atoms with van der Waals surface area (Å²) in [5.41, 5.74) is -0.239. The third-order valence-electron chi connectivity index (χ3n) is 8.46. The zero-order valence-corrected chi connectivity index (χ0v) is 29.5. The minimum Gasteiger partial charge on any atom is -0.494 e. The highest BCUT2D eigenvalue weighted by Crippen LogP contribution is 2.57. The van der Waals surface area contributed by atoms with Crippen LogP contribution in [0.2, 0.25) is 10.0 Å². The first kappa shape index (κ1) is 35.7. The van der Waals surface area contributed by atoms with Gasteiger partial charge in [0, 0.05) is 29.1 Å². The Morgan fingerprint density at radius 2 is 1.85 bits per heavy atom. The predicted molar refractivity (Wildman–Crippen MR) is 184 cm³/mol. The van der Waals surface area contributed by atoms with Gasteiger partial charge in [-0.05, 0) is 59.7 Å². The Morgan fingerprint density at radius 1 is 1.10 bits per heavy atom. The molecule has 3 aromatic rings. The summed E-state index contributed by atoms with van der Waals surface area (Å²) >= 11 is 12.6. The number of hydrogen-bond donors (Lipinski definition) is 3. The van der Waals surface area contributed by atoms with E-state index in [9.17, 15) is 18.0 Å². The third-order valence-corrected chi connectivity index (χ3v) is 10.0. The summed E-state index contributed by atoms with van der Waals surface area (Å²) in [7, 11) is -1.70. The number of halogens is 3. The first-order valence-electron chi connectivity index (χ1n) is 15.3. The molecule has 2 amide bonds. The van der Waals surface area contributed by atoms with E-state index in [1.807, 2.05) is 20.8 Å². The molecule has 0 bridgehead atoms. The van der Waals surface area contributed by atoms with E-state index in [0.29, 0.717) is 34.9 Å². The highest BCUT2D eigenvalue weighted by atomic mass is 35.5. The molecule has 5 rings (SSSR count). The van der Waals surface area contributed by atoms with Crippen molar-refractivity contribution in [3.05, 3.63) is 81.6 Å². The monoisotopic (exact) mass is 721 g/mol. The summed E-state index contributed by atoms with van der Waals surface area (Å²) in [6.07, 6.45) is -0.139. The van der Waals surface area contributed by atoms with Gasteiger partial charge in [0.25, 0.3) is 0 Å². The van der Waals surface area contributed by atoms with Crippen LogP contribution in [0.3, 0.4) is 0 Å². The topological polar surface area (TPSA) is 132 Å². The van der Waals surface area contributed by atoms with Crippen molar-refractivity contribution >= 4 is 56.4 Å². The Bertz CT molecular complexity index is 1840. The molecule has 3 N–H and O–H groups in total. The van der Waals surface area contributed by atoms with E-state index in [1.54, 1.807) is 48.5 Å². The second-order valence-corrected chi connectivity index (χ2v) is 16.4. The number of benzene rings is 3. The quantitative estimate of drug-likeness (QED) is 0.193. The number of methoxy groups -OCH3 is 1. The van der Waals surface area contributed by atoms with E-state index in [0.717, 1.165) is 6.26 Å². The fourth-order valence-corrected chi connectivity index (χ4v) is 7.59. The van der Waals surface area contributed by atoms with Crippen LogP contribution in [0.5, 0.6) is 11.5 Å². The largest absolute Gasteiger partial charge is 0.494 e. The molecule has 4 atom stereocenters. The fourth-order valence-electron chi connectivity index (χ4n) is 6.60. The molecule has 3 aromatic carbocycles. The number of sulfone groups is 1. The maximum Gasteiger partial charge on any atom is 0.413 e. The van der Waals surface area contributed by atoms with Crippen LogP contribution in [0.25, 0.3) is 0 Å². The molecule has 2 aliphatic heterocycles. The molecule has 2 aliphatic rings. The Kier molecular flexibility index (Phi) is 10.2. The number of carbonyl (C=O) groups is 2. The van der Waals surface area contributed by atoms with Crippen molar-refractivity contribution in [1.29, 1.82) is 0 Å². The lowest BCUT2D eigenvalue weighted by Crippen LogP contribution is -2.49. The number of fused-ring (bicyclic) bond motifs is 2. The second-order valence-electron chi connectivity index (χ2n) is 13.3. The summed E-state index contributed by atoms with van der Waals surface area (Å²) in [4.78, 5) is 27.8. The lowest BCUT2D eigenvalue weighted by atomic mass is 9.63. The van der Waals surface area contributed by atoms with E-state index >= 15 is 4.39 Å². The van der Waals surface area contributed by atoms with Gasteiger partial charge >= 0.3 is 6.09 Å². The number of hydrogen-bond acceptors (Lipinski definition) is 8. The maximum atomic E-state index is 16.0. The number of carbonyl (C=O) groups excluding carboxylic acids is 2. The van der Waals surface area contributed by atoms with E-state index in [1.165, 1.54) is 13.2 Å². The summed E-state index contributed by atoms with van der Waals surface area (Å²) in [6, 6.07) is 13.7. The molecule has 10 nitrogen and oxygen atoms in total. The zero-order valence-electron chi connectivity index (χ0n) is 27.2. The van der Waals surface area contributed by atoms with Gasteiger partial charge < -0.3 is 19.5 Å². The Balaban J connectivity index is 1.49. The molecule has 1 saturated heterocycles. The molecule has 1 spiro atoms. The standard InChI is InChI=1S/C34H38Cl2FN3O7S/c1-33(2,3)18-27-34(22-12-10-19(35)16-25(22)38-31(34)41)28(21-8-6-9-23(36)29(21)37)30(40-27)47-32(42)39-24-13-11-20(17-26(24)45-4)46-14-7-15-48(5,43)44/h6,8-13,16-17,27-28,30,40H,7,14-15,18H2,1-5H3,(H,38,41)(H,39,42)/t27-,28-,30+,34+/m0/s1. The average molecular weight is 723 g/mol. The lowest BCUT2D eigenvalue weighted by Gasteiger charge is -2.37. The third kappa shape index (κ3) is 7.36. The number of nitrogens with one attached hydrogen (secondary N) is 3. The highest BCUT2D eigenvalue weighted by Gasteiger charge is 2.66. The van der Waals surface area contributed by atoms with Crippen LogP contribution in [0.1, 0.15) is 50.7 Å². The second kappa shape index (κ2) is 13.7. The summed E-state index contributed by atoms with van der Waals surface area (Å²) in [5, 5.41) is 9.29. The van der Waals surface area contributed by atoms with Crippen LogP contribution in [0.15, 0.2) is 54.6 Å². The van der Waals surface area contributed by atoms with Crippen molar-refractivity contribution in [2.45, 2.75) is 57.2 Å². The molecule has 2 heterocycles. The van der Waals surface area contributed by atoms with E-state index < -0.39 is 45.4 Å². The van der Waals surface area contributed by atoms with Gasteiger partial charge in [-0.25, -0.2) is 17.6 Å². The number of rotatable bonds is 10. The summed E-state index contributed by atoms with van der Waals surface area (Å²) in [6.45, 7) is 6.25. The van der Waals surface area contributed by atoms with Gasteiger partial charge in [-0.2, -0.15) is 0 Å². The molecule has 0 saturated carbocycles.